The van der Waals surface area contributed by atoms with E-state index < -0.39 is 11.6 Å². The minimum absolute atomic E-state index is 0.216. The van der Waals surface area contributed by atoms with E-state index in [-0.39, 0.29) is 6.04 Å². The predicted molar refractivity (Wildman–Crippen MR) is 73.2 cm³/mol. The molecule has 1 atom stereocenters. The molecule has 1 N–H and O–H groups in total. The summed E-state index contributed by atoms with van der Waals surface area (Å²) in [6, 6.07) is 9.40. The fourth-order valence-electron chi connectivity index (χ4n) is 2.50. The van der Waals surface area contributed by atoms with Gasteiger partial charge in [-0.25, -0.2) is 8.78 Å². The molecule has 0 spiro atoms. The second-order valence-corrected chi connectivity index (χ2v) is 4.73. The Balaban J connectivity index is 2.56. The summed E-state index contributed by atoms with van der Waals surface area (Å²) in [6.45, 7) is 4.00. The molecule has 0 saturated heterocycles. The molecule has 0 aliphatic carbocycles. The summed E-state index contributed by atoms with van der Waals surface area (Å²) in [6.07, 6.45) is 0. The van der Waals surface area contributed by atoms with Crippen LogP contribution >= 0.6 is 0 Å². The van der Waals surface area contributed by atoms with Crippen molar-refractivity contribution in [3.05, 3.63) is 70.3 Å². The highest BCUT2D eigenvalue weighted by Gasteiger charge is 2.17. The van der Waals surface area contributed by atoms with Gasteiger partial charge >= 0.3 is 0 Å². The van der Waals surface area contributed by atoms with Gasteiger partial charge in [-0.3, -0.25) is 0 Å². The number of benzene rings is 2. The highest BCUT2D eigenvalue weighted by Crippen LogP contribution is 2.28. The van der Waals surface area contributed by atoms with Crippen LogP contribution in [0.1, 0.15) is 28.3 Å². The Morgan fingerprint density at radius 2 is 1.47 bits per heavy atom. The molecule has 2 rings (SSSR count). The van der Waals surface area contributed by atoms with Crippen LogP contribution in [0, 0.1) is 25.5 Å². The summed E-state index contributed by atoms with van der Waals surface area (Å²) in [5, 5.41) is 3.14. The SMILES string of the molecule is CNC(c1cc(F)cc(F)c1)c1c(C)cccc1C. The van der Waals surface area contributed by atoms with Crippen LogP contribution in [0.3, 0.4) is 0 Å². The lowest BCUT2D eigenvalue weighted by Gasteiger charge is -2.21. The third-order valence-corrected chi connectivity index (χ3v) is 3.34. The molecular formula is C16H17F2N. The molecule has 0 saturated carbocycles. The lowest BCUT2D eigenvalue weighted by atomic mass is 9.91. The molecule has 0 amide bonds. The molecule has 3 heteroatoms. The zero-order valence-corrected chi connectivity index (χ0v) is 11.3. The van der Waals surface area contributed by atoms with Gasteiger partial charge in [-0.05, 0) is 55.3 Å². The maximum Gasteiger partial charge on any atom is 0.126 e. The summed E-state index contributed by atoms with van der Waals surface area (Å²) >= 11 is 0. The molecule has 0 heterocycles. The number of hydrogen-bond acceptors (Lipinski definition) is 1. The molecule has 1 nitrogen and oxygen atoms in total. The van der Waals surface area contributed by atoms with Gasteiger partial charge in [0.1, 0.15) is 11.6 Å². The quantitative estimate of drug-likeness (QED) is 0.883. The van der Waals surface area contributed by atoms with Crippen LogP contribution in [-0.2, 0) is 0 Å². The summed E-state index contributed by atoms with van der Waals surface area (Å²) < 4.78 is 26.7. The Labute approximate surface area is 112 Å². The van der Waals surface area contributed by atoms with Gasteiger partial charge in [0.05, 0.1) is 6.04 Å². The third-order valence-electron chi connectivity index (χ3n) is 3.34. The zero-order valence-electron chi connectivity index (χ0n) is 11.3. The van der Waals surface area contributed by atoms with Crippen molar-refractivity contribution >= 4 is 0 Å². The van der Waals surface area contributed by atoms with Crippen molar-refractivity contribution in [3.63, 3.8) is 0 Å². The highest BCUT2D eigenvalue weighted by atomic mass is 19.1. The van der Waals surface area contributed by atoms with Gasteiger partial charge in [0, 0.05) is 6.07 Å². The Kier molecular flexibility index (Phi) is 3.96. The molecule has 0 aliphatic rings. The minimum atomic E-state index is -0.554. The first-order valence-electron chi connectivity index (χ1n) is 6.22. The number of halogens is 2. The minimum Gasteiger partial charge on any atom is -0.309 e. The Morgan fingerprint density at radius 3 is 1.95 bits per heavy atom. The number of nitrogens with one attached hydrogen (secondary N) is 1. The molecule has 0 aromatic heterocycles. The van der Waals surface area contributed by atoms with E-state index in [9.17, 15) is 8.78 Å². The van der Waals surface area contributed by atoms with Crippen LogP contribution in [0.2, 0.25) is 0 Å². The van der Waals surface area contributed by atoms with E-state index in [1.54, 1.807) is 7.05 Å². The lowest BCUT2D eigenvalue weighted by Crippen LogP contribution is -2.20. The van der Waals surface area contributed by atoms with Crippen molar-refractivity contribution in [2.24, 2.45) is 0 Å². The highest BCUT2D eigenvalue weighted by molar-refractivity contribution is 5.42. The maximum absolute atomic E-state index is 13.4. The summed E-state index contributed by atoms with van der Waals surface area (Å²) in [5.74, 6) is -1.11. The van der Waals surface area contributed by atoms with E-state index in [2.05, 4.69) is 5.32 Å². The Bertz CT molecular complexity index is 553. The van der Waals surface area contributed by atoms with Crippen LogP contribution in [0.4, 0.5) is 8.78 Å². The summed E-state index contributed by atoms with van der Waals surface area (Å²) in [5.41, 5.74) is 3.86. The molecule has 2 aromatic carbocycles. The molecule has 0 fully saturated rings. The normalized spacial score (nSPS) is 12.5. The average Bonchev–Trinajstić information content (AvgIpc) is 2.32. The van der Waals surface area contributed by atoms with E-state index in [0.29, 0.717) is 5.56 Å². The first-order chi connectivity index (χ1) is 9.02. The predicted octanol–water partition coefficient (Wildman–Crippen LogP) is 3.89. The molecule has 100 valence electrons. The molecule has 0 radical (unpaired) electrons. The average molecular weight is 261 g/mol. The van der Waals surface area contributed by atoms with Crippen LogP contribution in [0.25, 0.3) is 0 Å². The molecule has 0 bridgehead atoms. The molecule has 0 aliphatic heterocycles. The van der Waals surface area contributed by atoms with Gasteiger partial charge in [-0.1, -0.05) is 18.2 Å². The zero-order chi connectivity index (χ0) is 14.0. The van der Waals surface area contributed by atoms with Gasteiger partial charge in [0.25, 0.3) is 0 Å². The lowest BCUT2D eigenvalue weighted by molar-refractivity contribution is 0.571. The van der Waals surface area contributed by atoms with Crippen molar-refractivity contribution in [1.29, 1.82) is 0 Å². The van der Waals surface area contributed by atoms with E-state index in [1.807, 2.05) is 32.0 Å². The maximum atomic E-state index is 13.4. The second kappa shape index (κ2) is 5.49. The molecule has 1 unspecified atom stereocenters. The largest absolute Gasteiger partial charge is 0.309 e. The van der Waals surface area contributed by atoms with Crippen molar-refractivity contribution in [2.45, 2.75) is 19.9 Å². The van der Waals surface area contributed by atoms with E-state index in [0.717, 1.165) is 22.8 Å². The Morgan fingerprint density at radius 1 is 0.947 bits per heavy atom. The number of hydrogen-bond donors (Lipinski definition) is 1. The van der Waals surface area contributed by atoms with Crippen molar-refractivity contribution < 1.29 is 8.78 Å². The van der Waals surface area contributed by atoms with Crippen LogP contribution in [0.15, 0.2) is 36.4 Å². The molecular weight excluding hydrogens is 244 g/mol. The van der Waals surface area contributed by atoms with Crippen LogP contribution < -0.4 is 5.32 Å². The topological polar surface area (TPSA) is 12.0 Å². The van der Waals surface area contributed by atoms with Crippen molar-refractivity contribution in [2.75, 3.05) is 7.05 Å². The summed E-state index contributed by atoms with van der Waals surface area (Å²) in [4.78, 5) is 0. The van der Waals surface area contributed by atoms with Gasteiger partial charge in [-0.2, -0.15) is 0 Å². The fraction of sp³-hybridized carbons (Fsp3) is 0.250. The van der Waals surface area contributed by atoms with Gasteiger partial charge in [0.15, 0.2) is 0 Å². The van der Waals surface area contributed by atoms with Gasteiger partial charge in [-0.15, -0.1) is 0 Å². The monoisotopic (exact) mass is 261 g/mol. The van der Waals surface area contributed by atoms with Crippen molar-refractivity contribution in [1.82, 2.24) is 5.32 Å². The molecule has 19 heavy (non-hydrogen) atoms. The third kappa shape index (κ3) is 2.82. The molecule has 2 aromatic rings. The van der Waals surface area contributed by atoms with Crippen LogP contribution in [-0.4, -0.2) is 7.05 Å². The fourth-order valence-corrected chi connectivity index (χ4v) is 2.50. The first kappa shape index (κ1) is 13.7. The van der Waals surface area contributed by atoms with E-state index >= 15 is 0 Å². The smallest absolute Gasteiger partial charge is 0.126 e. The van der Waals surface area contributed by atoms with Crippen LogP contribution in [0.5, 0.6) is 0 Å². The standard InChI is InChI=1S/C16H17F2N/c1-10-5-4-6-11(2)15(10)16(19-3)12-7-13(17)9-14(18)8-12/h4-9,16,19H,1-3H3. The van der Waals surface area contributed by atoms with Gasteiger partial charge in [0.2, 0.25) is 0 Å². The number of rotatable bonds is 3. The van der Waals surface area contributed by atoms with E-state index in [1.165, 1.54) is 12.1 Å². The van der Waals surface area contributed by atoms with Gasteiger partial charge < -0.3 is 5.32 Å². The number of aryl methyl sites for hydroxylation is 2. The summed E-state index contributed by atoms with van der Waals surface area (Å²) in [7, 11) is 1.79. The Hall–Kier alpha value is -1.74. The van der Waals surface area contributed by atoms with Crippen molar-refractivity contribution in [3.8, 4) is 0 Å². The first-order valence-corrected chi connectivity index (χ1v) is 6.22. The second-order valence-electron chi connectivity index (χ2n) is 4.73. The van der Waals surface area contributed by atoms with E-state index in [4.69, 9.17) is 0 Å².